The highest BCUT2D eigenvalue weighted by molar-refractivity contribution is 7.09. The molecule has 0 spiro atoms. The highest BCUT2D eigenvalue weighted by Crippen LogP contribution is 2.24. The fourth-order valence-corrected chi connectivity index (χ4v) is 2.73. The lowest BCUT2D eigenvalue weighted by Crippen LogP contribution is -2.29. The maximum absolute atomic E-state index is 11.7. The number of aliphatic hydroxyl groups excluding tert-OH is 1. The van der Waals surface area contributed by atoms with Gasteiger partial charge in [-0.1, -0.05) is 0 Å². The molecular formula is C11H17N3O2S. The first kappa shape index (κ1) is 12.5. The van der Waals surface area contributed by atoms with Gasteiger partial charge in [0.1, 0.15) is 10.7 Å². The topological polar surface area (TPSA) is 88.2 Å². The van der Waals surface area contributed by atoms with Gasteiger partial charge in [0.15, 0.2) is 0 Å². The van der Waals surface area contributed by atoms with Gasteiger partial charge in [0.25, 0.3) is 5.91 Å². The molecule has 0 saturated heterocycles. The van der Waals surface area contributed by atoms with E-state index in [4.69, 9.17) is 5.73 Å². The highest BCUT2D eigenvalue weighted by Gasteiger charge is 2.23. The van der Waals surface area contributed by atoms with Crippen LogP contribution in [0.2, 0.25) is 0 Å². The Bertz CT molecular complexity index is 394. The second-order valence-electron chi connectivity index (χ2n) is 4.37. The summed E-state index contributed by atoms with van der Waals surface area (Å²) in [4.78, 5) is 15.9. The molecule has 94 valence electrons. The number of aromatic nitrogens is 1. The second kappa shape index (κ2) is 5.57. The number of rotatable bonds is 4. The van der Waals surface area contributed by atoms with E-state index in [1.165, 1.54) is 11.3 Å². The molecule has 0 aromatic carbocycles. The molecule has 1 heterocycles. The van der Waals surface area contributed by atoms with Crippen molar-refractivity contribution in [3.05, 3.63) is 16.1 Å². The average molecular weight is 255 g/mol. The summed E-state index contributed by atoms with van der Waals surface area (Å²) in [5, 5.41) is 14.7. The predicted molar refractivity (Wildman–Crippen MR) is 65.7 cm³/mol. The lowest BCUT2D eigenvalue weighted by molar-refractivity contribution is 0.0940. The fourth-order valence-electron chi connectivity index (χ4n) is 2.07. The molecule has 1 aliphatic rings. The van der Waals surface area contributed by atoms with E-state index in [2.05, 4.69) is 10.3 Å². The molecule has 0 radical (unpaired) electrons. The van der Waals surface area contributed by atoms with Gasteiger partial charge < -0.3 is 16.2 Å². The van der Waals surface area contributed by atoms with Crippen molar-refractivity contribution in [2.24, 2.45) is 11.7 Å². The third-order valence-electron chi connectivity index (χ3n) is 3.02. The summed E-state index contributed by atoms with van der Waals surface area (Å²) in [7, 11) is 0. The van der Waals surface area contributed by atoms with Gasteiger partial charge in [-0.2, -0.15) is 0 Å². The largest absolute Gasteiger partial charge is 0.393 e. The first-order valence-electron chi connectivity index (χ1n) is 5.79. The van der Waals surface area contributed by atoms with Crippen molar-refractivity contribution in [1.82, 2.24) is 10.3 Å². The Kier molecular flexibility index (Phi) is 4.09. The summed E-state index contributed by atoms with van der Waals surface area (Å²) in [5.41, 5.74) is 5.88. The molecule has 0 bridgehead atoms. The molecule has 1 fully saturated rings. The molecule has 2 unspecified atom stereocenters. The third-order valence-corrected chi connectivity index (χ3v) is 3.89. The van der Waals surface area contributed by atoms with Gasteiger partial charge >= 0.3 is 0 Å². The molecule has 0 aliphatic heterocycles. The molecule has 6 heteroatoms. The van der Waals surface area contributed by atoms with Gasteiger partial charge in [-0.05, 0) is 25.2 Å². The average Bonchev–Trinajstić information content (AvgIpc) is 2.94. The van der Waals surface area contributed by atoms with Crippen LogP contribution in [0.5, 0.6) is 0 Å². The normalized spacial score (nSPS) is 23.9. The van der Waals surface area contributed by atoms with Crippen molar-refractivity contribution in [2.75, 3.05) is 6.54 Å². The van der Waals surface area contributed by atoms with E-state index in [-0.39, 0.29) is 12.0 Å². The zero-order valence-corrected chi connectivity index (χ0v) is 10.4. The molecule has 4 N–H and O–H groups in total. The minimum absolute atomic E-state index is 0.151. The Hall–Kier alpha value is -0.980. The quantitative estimate of drug-likeness (QED) is 0.730. The van der Waals surface area contributed by atoms with E-state index >= 15 is 0 Å². The first-order chi connectivity index (χ1) is 8.19. The van der Waals surface area contributed by atoms with Crippen LogP contribution in [0.4, 0.5) is 0 Å². The van der Waals surface area contributed by atoms with Gasteiger partial charge in [-0.3, -0.25) is 4.79 Å². The van der Waals surface area contributed by atoms with Crippen LogP contribution in [-0.2, 0) is 6.54 Å². The summed E-state index contributed by atoms with van der Waals surface area (Å²) in [6.07, 6.45) is 2.41. The minimum Gasteiger partial charge on any atom is -0.393 e. The number of nitrogens with two attached hydrogens (primary N) is 1. The number of amides is 1. The number of thiazole rings is 1. The highest BCUT2D eigenvalue weighted by atomic mass is 32.1. The zero-order chi connectivity index (χ0) is 12.3. The number of hydrogen-bond acceptors (Lipinski definition) is 5. The molecule has 5 nitrogen and oxygen atoms in total. The summed E-state index contributed by atoms with van der Waals surface area (Å²) in [6.45, 7) is 0.984. The number of hydrogen-bond donors (Lipinski definition) is 3. The second-order valence-corrected chi connectivity index (χ2v) is 5.32. The lowest BCUT2D eigenvalue weighted by Gasteiger charge is -2.09. The van der Waals surface area contributed by atoms with Gasteiger partial charge in [0.2, 0.25) is 0 Å². The van der Waals surface area contributed by atoms with E-state index in [0.717, 1.165) is 24.3 Å². The molecule has 1 saturated carbocycles. The summed E-state index contributed by atoms with van der Waals surface area (Å²) >= 11 is 1.40. The standard InChI is InChI=1S/C11H17N3O2S/c12-4-10-14-9(6-17-10)11(16)13-5-7-1-2-8(15)3-7/h6-8,15H,1-5,12H2,(H,13,16). The number of aliphatic hydroxyl groups is 1. The van der Waals surface area contributed by atoms with Crippen LogP contribution in [0.15, 0.2) is 5.38 Å². The third kappa shape index (κ3) is 3.24. The lowest BCUT2D eigenvalue weighted by atomic mass is 10.1. The van der Waals surface area contributed by atoms with Gasteiger partial charge in [-0.25, -0.2) is 4.98 Å². The summed E-state index contributed by atoms with van der Waals surface area (Å²) in [6, 6.07) is 0. The van der Waals surface area contributed by atoms with Crippen LogP contribution in [0, 0.1) is 5.92 Å². The molecule has 2 rings (SSSR count). The van der Waals surface area contributed by atoms with Crippen LogP contribution in [0.3, 0.4) is 0 Å². The number of nitrogens with one attached hydrogen (secondary N) is 1. The van der Waals surface area contributed by atoms with E-state index in [9.17, 15) is 9.90 Å². The molecule has 2 atom stereocenters. The fraction of sp³-hybridized carbons (Fsp3) is 0.636. The van der Waals surface area contributed by atoms with E-state index in [1.807, 2.05) is 0 Å². The van der Waals surface area contributed by atoms with Crippen LogP contribution < -0.4 is 11.1 Å². The molecule has 1 amide bonds. The Morgan fingerprint density at radius 1 is 1.65 bits per heavy atom. The monoisotopic (exact) mass is 255 g/mol. The Labute approximate surface area is 104 Å². The Morgan fingerprint density at radius 3 is 3.06 bits per heavy atom. The number of carbonyl (C=O) groups excluding carboxylic acids is 1. The van der Waals surface area contributed by atoms with E-state index < -0.39 is 0 Å². The van der Waals surface area contributed by atoms with E-state index in [0.29, 0.717) is 24.7 Å². The van der Waals surface area contributed by atoms with Crippen molar-refractivity contribution in [1.29, 1.82) is 0 Å². The minimum atomic E-state index is -0.194. The Balaban J connectivity index is 1.81. The van der Waals surface area contributed by atoms with Crippen molar-refractivity contribution >= 4 is 17.2 Å². The zero-order valence-electron chi connectivity index (χ0n) is 9.56. The number of nitrogens with zero attached hydrogens (tertiary/aromatic N) is 1. The van der Waals surface area contributed by atoms with Crippen molar-refractivity contribution in [2.45, 2.75) is 31.9 Å². The van der Waals surface area contributed by atoms with Gasteiger partial charge in [0.05, 0.1) is 6.10 Å². The molecule has 17 heavy (non-hydrogen) atoms. The van der Waals surface area contributed by atoms with Gasteiger partial charge in [0, 0.05) is 18.5 Å². The van der Waals surface area contributed by atoms with Crippen LogP contribution in [0.25, 0.3) is 0 Å². The van der Waals surface area contributed by atoms with Crippen LogP contribution >= 0.6 is 11.3 Å². The van der Waals surface area contributed by atoms with Crippen molar-refractivity contribution in [3.8, 4) is 0 Å². The van der Waals surface area contributed by atoms with E-state index in [1.54, 1.807) is 5.38 Å². The maximum Gasteiger partial charge on any atom is 0.270 e. The predicted octanol–water partition coefficient (Wildman–Crippen LogP) is 0.493. The Morgan fingerprint density at radius 2 is 2.47 bits per heavy atom. The smallest absolute Gasteiger partial charge is 0.270 e. The number of carbonyl (C=O) groups is 1. The molecule has 1 aliphatic carbocycles. The van der Waals surface area contributed by atoms with Gasteiger partial charge in [-0.15, -0.1) is 11.3 Å². The molecule has 1 aromatic rings. The SMILES string of the molecule is NCc1nc(C(=O)NCC2CCC(O)C2)cs1. The first-order valence-corrected chi connectivity index (χ1v) is 6.67. The van der Waals surface area contributed by atoms with Crippen molar-refractivity contribution in [3.63, 3.8) is 0 Å². The van der Waals surface area contributed by atoms with Crippen LogP contribution in [0.1, 0.15) is 34.8 Å². The molecule has 1 aromatic heterocycles. The molecular weight excluding hydrogens is 238 g/mol. The summed E-state index contributed by atoms with van der Waals surface area (Å²) < 4.78 is 0. The van der Waals surface area contributed by atoms with Crippen molar-refractivity contribution < 1.29 is 9.90 Å². The maximum atomic E-state index is 11.7. The van der Waals surface area contributed by atoms with Crippen LogP contribution in [-0.4, -0.2) is 28.6 Å². The summed E-state index contributed by atoms with van der Waals surface area (Å²) in [5.74, 6) is 0.240.